The molecule has 12 nitrogen and oxygen atoms in total. The Morgan fingerprint density at radius 2 is 1.82 bits per heavy atom. The normalized spacial score (nSPS) is 25.2. The molecule has 3 aromatic rings. The average molecular weight is 787 g/mol. The second-order valence-corrected chi connectivity index (χ2v) is 17.3. The number of carbonyl (C=O) groups excluding carboxylic acids is 2. The van der Waals surface area contributed by atoms with Crippen molar-refractivity contribution in [3.8, 4) is 16.9 Å². The fourth-order valence-electron chi connectivity index (χ4n) is 8.42. The molecule has 0 bridgehead atoms. The molecular formula is C45H66N6O6. The first-order chi connectivity index (χ1) is 27.0. The van der Waals surface area contributed by atoms with Crippen LogP contribution < -0.4 is 20.3 Å². The van der Waals surface area contributed by atoms with E-state index >= 15 is 0 Å². The van der Waals surface area contributed by atoms with Gasteiger partial charge in [-0.2, -0.15) is 5.06 Å². The molecule has 12 heteroatoms. The topological polar surface area (TPSA) is 140 Å². The van der Waals surface area contributed by atoms with Crippen LogP contribution in [0.2, 0.25) is 0 Å². The Morgan fingerprint density at radius 3 is 2.47 bits per heavy atom. The van der Waals surface area contributed by atoms with Gasteiger partial charge in [0.1, 0.15) is 24.5 Å². The number of nitrogens with one attached hydrogen (secondary N) is 2. The predicted molar refractivity (Wildman–Crippen MR) is 225 cm³/mol. The maximum Gasteiger partial charge on any atom is 0.251 e. The van der Waals surface area contributed by atoms with Gasteiger partial charge in [0.05, 0.1) is 19.3 Å². The Bertz CT molecular complexity index is 1800. The molecule has 1 aliphatic carbocycles. The molecule has 2 amide bonds. The molecule has 0 unspecified atom stereocenters. The molecule has 1 saturated carbocycles. The number of hydroxylamine groups is 2. The number of benzene rings is 2. The standard InChI is InChI=1S/C45H66N6O6/c1-28-22-38(29(2)30(3)45(28,5)6)48-44(55)41-40(31(4)53)39(27-52)57-51(41)26-32-14-13-16-37(42(32)56-21-20-49(7)8)33-23-34(25-36(24-33)50(9)10)43(54)47-19-17-35-15-11-12-18-46-35/h11-16,18,23-25,28-31,38-41,52-53H,17,19-22,26-27H2,1-10H3,(H,47,54)(H,48,55)/t28-,29+,30+,31+,38+,39+,40-,41+/m1/s1. The summed E-state index contributed by atoms with van der Waals surface area (Å²) in [7, 11) is 7.85. The summed E-state index contributed by atoms with van der Waals surface area (Å²) < 4.78 is 6.62. The lowest BCUT2D eigenvalue weighted by molar-refractivity contribution is -0.182. The Kier molecular flexibility index (Phi) is 14.8. The quantitative estimate of drug-likeness (QED) is 0.157. The van der Waals surface area contributed by atoms with Crippen LogP contribution in [0.15, 0.2) is 60.8 Å². The molecule has 57 heavy (non-hydrogen) atoms. The molecule has 5 rings (SSSR count). The zero-order valence-electron chi connectivity index (χ0n) is 35.7. The monoisotopic (exact) mass is 787 g/mol. The molecule has 1 saturated heterocycles. The van der Waals surface area contributed by atoms with Crippen LogP contribution in [0.25, 0.3) is 11.1 Å². The Balaban J connectivity index is 1.49. The minimum atomic E-state index is -0.923. The van der Waals surface area contributed by atoms with Gasteiger partial charge in [-0.05, 0) is 86.5 Å². The van der Waals surface area contributed by atoms with Gasteiger partial charge in [-0.25, -0.2) is 0 Å². The number of amides is 2. The lowest BCUT2D eigenvalue weighted by Crippen LogP contribution is -2.56. The van der Waals surface area contributed by atoms with Crippen molar-refractivity contribution in [2.45, 2.75) is 85.2 Å². The first kappa shape index (κ1) is 44.0. The summed E-state index contributed by atoms with van der Waals surface area (Å²) >= 11 is 0. The smallest absolute Gasteiger partial charge is 0.251 e. The number of ether oxygens (including phenoxy) is 1. The number of carbonyl (C=O) groups is 2. The summed E-state index contributed by atoms with van der Waals surface area (Å²) in [6, 6.07) is 16.5. The van der Waals surface area contributed by atoms with Crippen molar-refractivity contribution in [2.75, 3.05) is 59.4 Å². The van der Waals surface area contributed by atoms with E-state index in [1.165, 1.54) is 0 Å². The predicted octanol–water partition coefficient (Wildman–Crippen LogP) is 5.02. The van der Waals surface area contributed by atoms with Gasteiger partial charge in [0, 0.05) is 79.8 Å². The van der Waals surface area contributed by atoms with Gasteiger partial charge in [0.25, 0.3) is 5.91 Å². The van der Waals surface area contributed by atoms with Crippen molar-refractivity contribution >= 4 is 17.5 Å². The zero-order valence-corrected chi connectivity index (χ0v) is 35.7. The number of anilines is 1. The molecule has 2 fully saturated rings. The van der Waals surface area contributed by atoms with Crippen LogP contribution in [0.1, 0.15) is 69.6 Å². The van der Waals surface area contributed by atoms with Crippen molar-refractivity contribution in [3.05, 3.63) is 77.6 Å². The number of nitrogens with zero attached hydrogens (tertiary/aromatic N) is 4. The third-order valence-electron chi connectivity index (χ3n) is 12.8. The first-order valence-electron chi connectivity index (χ1n) is 20.5. The summed E-state index contributed by atoms with van der Waals surface area (Å²) in [6.07, 6.45) is 1.50. The average Bonchev–Trinajstić information content (AvgIpc) is 3.55. The maximum atomic E-state index is 14.5. The molecule has 4 N–H and O–H groups in total. The van der Waals surface area contributed by atoms with Gasteiger partial charge in [-0.15, -0.1) is 0 Å². The highest BCUT2D eigenvalue weighted by atomic mass is 16.7. The lowest BCUT2D eigenvalue weighted by Gasteiger charge is -2.50. The fourth-order valence-corrected chi connectivity index (χ4v) is 8.42. The number of hydrogen-bond donors (Lipinski definition) is 4. The summed E-state index contributed by atoms with van der Waals surface area (Å²) in [6.45, 7) is 14.3. The number of para-hydroxylation sites is 1. The Hall–Kier alpha value is -4.07. The number of likely N-dealkylation sites (N-methyl/N-ethyl adjacent to an activating group) is 1. The highest BCUT2D eigenvalue weighted by Crippen LogP contribution is 2.48. The van der Waals surface area contributed by atoms with Crippen molar-refractivity contribution in [1.82, 2.24) is 25.6 Å². The van der Waals surface area contributed by atoms with Crippen molar-refractivity contribution < 1.29 is 29.4 Å². The molecule has 312 valence electrons. The second kappa shape index (κ2) is 19.1. The van der Waals surface area contributed by atoms with Gasteiger partial charge in [-0.3, -0.25) is 19.4 Å². The second-order valence-electron chi connectivity index (χ2n) is 17.3. The van der Waals surface area contributed by atoms with Crippen LogP contribution >= 0.6 is 0 Å². The van der Waals surface area contributed by atoms with Gasteiger partial charge < -0.3 is 35.4 Å². The fraction of sp³-hybridized carbons (Fsp3) is 0.578. The lowest BCUT2D eigenvalue weighted by atomic mass is 9.58. The largest absolute Gasteiger partial charge is 0.491 e. The van der Waals surface area contributed by atoms with Crippen LogP contribution in [-0.4, -0.2) is 116 Å². The van der Waals surface area contributed by atoms with E-state index in [1.54, 1.807) is 18.2 Å². The number of aliphatic hydroxyl groups is 2. The highest BCUT2D eigenvalue weighted by molar-refractivity contribution is 5.97. The Morgan fingerprint density at radius 1 is 1.07 bits per heavy atom. The minimum Gasteiger partial charge on any atom is -0.491 e. The summed E-state index contributed by atoms with van der Waals surface area (Å²) in [5.74, 6) is 0.541. The number of aromatic nitrogens is 1. The number of pyridine rings is 1. The van der Waals surface area contributed by atoms with E-state index in [1.807, 2.05) is 92.6 Å². The first-order valence-corrected chi connectivity index (χ1v) is 20.5. The van der Waals surface area contributed by atoms with Crippen LogP contribution in [0.4, 0.5) is 5.69 Å². The van der Waals surface area contributed by atoms with Crippen molar-refractivity contribution in [2.24, 2.45) is 29.1 Å². The number of hydrogen-bond acceptors (Lipinski definition) is 10. The van der Waals surface area contributed by atoms with E-state index in [9.17, 15) is 19.8 Å². The van der Waals surface area contributed by atoms with Crippen LogP contribution in [-0.2, 0) is 22.6 Å². The van der Waals surface area contributed by atoms with E-state index in [0.717, 1.165) is 34.5 Å². The van der Waals surface area contributed by atoms with Gasteiger partial charge in [0.15, 0.2) is 0 Å². The van der Waals surface area contributed by atoms with Crippen molar-refractivity contribution in [3.63, 3.8) is 0 Å². The highest BCUT2D eigenvalue weighted by Gasteiger charge is 2.51. The van der Waals surface area contributed by atoms with Gasteiger partial charge >= 0.3 is 0 Å². The van der Waals surface area contributed by atoms with Crippen molar-refractivity contribution in [1.29, 1.82) is 0 Å². The van der Waals surface area contributed by atoms with Crippen LogP contribution in [0.5, 0.6) is 5.75 Å². The maximum absolute atomic E-state index is 14.5. The molecule has 0 spiro atoms. The molecule has 8 atom stereocenters. The number of rotatable bonds is 16. The summed E-state index contributed by atoms with van der Waals surface area (Å²) in [4.78, 5) is 42.8. The minimum absolute atomic E-state index is 0.0427. The third kappa shape index (κ3) is 10.3. The molecule has 1 aliphatic heterocycles. The molecular weight excluding hydrogens is 721 g/mol. The van der Waals surface area contributed by atoms with E-state index in [4.69, 9.17) is 9.57 Å². The SMILES string of the molecule is C[C@@H]1[C@@H](NC(=O)[C@@H]2[C@H]([C@H](C)O)[C@H](CO)ON2Cc2cccc(-c3cc(C(=O)NCCc4ccccn4)cc(N(C)C)c3)c2OCCN(C)C)C[C@@H](C)C(C)(C)[C@H]1C. The van der Waals surface area contributed by atoms with Crippen LogP contribution in [0.3, 0.4) is 0 Å². The van der Waals surface area contributed by atoms with Gasteiger partial charge in [0.2, 0.25) is 5.91 Å². The van der Waals surface area contributed by atoms with Crippen LogP contribution in [0, 0.1) is 29.1 Å². The van der Waals surface area contributed by atoms with E-state index in [2.05, 4.69) is 50.2 Å². The zero-order chi connectivity index (χ0) is 41.6. The molecule has 2 aliphatic rings. The third-order valence-corrected chi connectivity index (χ3v) is 12.8. The van der Waals surface area contributed by atoms with E-state index in [-0.39, 0.29) is 42.3 Å². The van der Waals surface area contributed by atoms with E-state index < -0.39 is 24.2 Å². The van der Waals surface area contributed by atoms with Gasteiger partial charge in [-0.1, -0.05) is 58.9 Å². The number of aliphatic hydroxyl groups excluding tert-OH is 2. The molecule has 2 heterocycles. The molecule has 2 aromatic carbocycles. The summed E-state index contributed by atoms with van der Waals surface area (Å²) in [5, 5.41) is 29.6. The van der Waals surface area contributed by atoms with E-state index in [0.29, 0.717) is 49.3 Å². The molecule has 1 aromatic heterocycles. The Labute approximate surface area is 339 Å². The molecule has 0 radical (unpaired) electrons. The summed E-state index contributed by atoms with van der Waals surface area (Å²) in [5.41, 5.74) is 4.74.